The molecule has 0 bridgehead atoms. The van der Waals surface area contributed by atoms with Crippen molar-refractivity contribution in [2.24, 2.45) is 11.8 Å². The number of hydrogen-bond donors (Lipinski definition) is 1. The molecule has 0 spiro atoms. The molecule has 0 radical (unpaired) electrons. The fourth-order valence-corrected chi connectivity index (χ4v) is 2.59. The molecule has 0 aromatic heterocycles. The first kappa shape index (κ1) is 11.4. The molecule has 2 rings (SSSR count). The van der Waals surface area contributed by atoms with Gasteiger partial charge in [-0.2, -0.15) is 5.48 Å². The third-order valence-electron chi connectivity index (χ3n) is 3.54. The zero-order valence-corrected chi connectivity index (χ0v) is 10.4. The fourth-order valence-electron chi connectivity index (χ4n) is 2.59. The van der Waals surface area contributed by atoms with Crippen LogP contribution in [0, 0.1) is 11.8 Å². The van der Waals surface area contributed by atoms with E-state index in [4.69, 9.17) is 4.84 Å². The maximum atomic E-state index is 5.67. The van der Waals surface area contributed by atoms with Gasteiger partial charge in [-0.25, -0.2) is 0 Å². The van der Waals surface area contributed by atoms with Gasteiger partial charge in [0.25, 0.3) is 0 Å². The van der Waals surface area contributed by atoms with Crippen LogP contribution in [0.3, 0.4) is 0 Å². The van der Waals surface area contributed by atoms with Gasteiger partial charge >= 0.3 is 0 Å². The van der Waals surface area contributed by atoms with Gasteiger partial charge < -0.3 is 0 Å². The average molecular weight is 211 g/mol. The van der Waals surface area contributed by atoms with Crippen molar-refractivity contribution in [2.75, 3.05) is 0 Å². The molecule has 0 heterocycles. The summed E-state index contributed by atoms with van der Waals surface area (Å²) in [5, 5.41) is 0. The fraction of sp³-hybridized carbons (Fsp3) is 1.00. The van der Waals surface area contributed by atoms with Crippen LogP contribution in [-0.4, -0.2) is 11.6 Å². The Balaban J connectivity index is 1.72. The highest BCUT2D eigenvalue weighted by molar-refractivity contribution is 4.87. The van der Waals surface area contributed by atoms with Gasteiger partial charge in [0.1, 0.15) is 0 Å². The lowest BCUT2D eigenvalue weighted by atomic mass is 9.83. The molecule has 0 amide bonds. The number of nitrogens with one attached hydrogen (secondary N) is 1. The summed E-state index contributed by atoms with van der Waals surface area (Å²) in [6, 6.07) is 0.601. The van der Waals surface area contributed by atoms with Crippen molar-refractivity contribution in [3.8, 4) is 0 Å². The van der Waals surface area contributed by atoms with Crippen molar-refractivity contribution in [2.45, 2.75) is 70.9 Å². The highest BCUT2D eigenvalue weighted by atomic mass is 16.7. The van der Waals surface area contributed by atoms with Gasteiger partial charge in [-0.3, -0.25) is 4.84 Å². The normalized spacial score (nSPS) is 33.0. The molecule has 0 aromatic carbocycles. The largest absolute Gasteiger partial charge is 0.296 e. The minimum atomic E-state index is -0.0630. The second kappa shape index (κ2) is 4.42. The van der Waals surface area contributed by atoms with Gasteiger partial charge in [-0.05, 0) is 58.3 Å². The Bertz CT molecular complexity index is 205. The summed E-state index contributed by atoms with van der Waals surface area (Å²) in [7, 11) is 0. The minimum absolute atomic E-state index is 0.0630. The standard InChI is InChI=1S/C13H25NO/c1-13(2,3)15-14-12-6-4-5-11(9-12)10-7-8-10/h10-12,14H,4-9H2,1-3H3. The van der Waals surface area contributed by atoms with Crippen LogP contribution >= 0.6 is 0 Å². The molecule has 0 aliphatic heterocycles. The Kier molecular flexibility index (Phi) is 3.36. The highest BCUT2D eigenvalue weighted by Crippen LogP contribution is 2.43. The van der Waals surface area contributed by atoms with E-state index < -0.39 is 0 Å². The lowest BCUT2D eigenvalue weighted by Gasteiger charge is -2.32. The van der Waals surface area contributed by atoms with Gasteiger partial charge in [0, 0.05) is 6.04 Å². The topological polar surface area (TPSA) is 21.3 Å². The predicted octanol–water partition coefficient (Wildman–Crippen LogP) is 3.27. The lowest BCUT2D eigenvalue weighted by molar-refractivity contribution is -0.0956. The molecule has 2 atom stereocenters. The number of hydroxylamine groups is 1. The highest BCUT2D eigenvalue weighted by Gasteiger charge is 2.34. The Morgan fingerprint density at radius 2 is 1.73 bits per heavy atom. The van der Waals surface area contributed by atoms with E-state index in [1.807, 2.05) is 0 Å². The molecule has 88 valence electrons. The van der Waals surface area contributed by atoms with Crippen LogP contribution in [-0.2, 0) is 4.84 Å². The molecule has 2 nitrogen and oxygen atoms in total. The van der Waals surface area contributed by atoms with E-state index in [1.54, 1.807) is 0 Å². The Morgan fingerprint density at radius 1 is 1.00 bits per heavy atom. The molecule has 2 unspecified atom stereocenters. The summed E-state index contributed by atoms with van der Waals surface area (Å²) in [4.78, 5) is 5.67. The van der Waals surface area contributed by atoms with Crippen molar-refractivity contribution in [3.63, 3.8) is 0 Å². The van der Waals surface area contributed by atoms with Crippen molar-refractivity contribution in [3.05, 3.63) is 0 Å². The quantitative estimate of drug-likeness (QED) is 0.723. The van der Waals surface area contributed by atoms with E-state index in [0.717, 1.165) is 11.8 Å². The Morgan fingerprint density at radius 3 is 2.33 bits per heavy atom. The monoisotopic (exact) mass is 211 g/mol. The summed E-state index contributed by atoms with van der Waals surface area (Å²) in [5.41, 5.74) is 3.21. The molecule has 2 aliphatic carbocycles. The van der Waals surface area contributed by atoms with Crippen LogP contribution in [0.1, 0.15) is 59.3 Å². The van der Waals surface area contributed by atoms with Gasteiger partial charge in [-0.1, -0.05) is 12.8 Å². The van der Waals surface area contributed by atoms with E-state index in [9.17, 15) is 0 Å². The summed E-state index contributed by atoms with van der Waals surface area (Å²) in [6.07, 6.45) is 8.43. The van der Waals surface area contributed by atoms with E-state index in [0.29, 0.717) is 6.04 Å². The third kappa shape index (κ3) is 3.76. The first-order valence-corrected chi connectivity index (χ1v) is 6.48. The summed E-state index contributed by atoms with van der Waals surface area (Å²) >= 11 is 0. The van der Waals surface area contributed by atoms with E-state index >= 15 is 0 Å². The Hall–Kier alpha value is -0.0800. The van der Waals surface area contributed by atoms with Crippen LogP contribution in [0.15, 0.2) is 0 Å². The van der Waals surface area contributed by atoms with Crippen LogP contribution in [0.4, 0.5) is 0 Å². The van der Waals surface area contributed by atoms with Crippen molar-refractivity contribution >= 4 is 0 Å². The molecule has 2 aliphatic rings. The smallest absolute Gasteiger partial charge is 0.0813 e. The molecular formula is C13H25NO. The number of rotatable bonds is 3. The summed E-state index contributed by atoms with van der Waals surface area (Å²) in [5.74, 6) is 2.05. The molecule has 1 N–H and O–H groups in total. The molecule has 2 saturated carbocycles. The first-order chi connectivity index (χ1) is 7.04. The van der Waals surface area contributed by atoms with Crippen LogP contribution in [0.5, 0.6) is 0 Å². The van der Waals surface area contributed by atoms with Crippen LogP contribution < -0.4 is 5.48 Å². The molecule has 2 fully saturated rings. The van der Waals surface area contributed by atoms with Crippen LogP contribution in [0.25, 0.3) is 0 Å². The van der Waals surface area contributed by atoms with Crippen molar-refractivity contribution < 1.29 is 4.84 Å². The number of hydrogen-bond acceptors (Lipinski definition) is 2. The van der Waals surface area contributed by atoms with E-state index in [1.165, 1.54) is 38.5 Å². The zero-order valence-electron chi connectivity index (χ0n) is 10.4. The Labute approximate surface area is 93.7 Å². The van der Waals surface area contributed by atoms with Gasteiger partial charge in [0.2, 0.25) is 0 Å². The molecule has 0 aromatic rings. The first-order valence-electron chi connectivity index (χ1n) is 6.48. The maximum absolute atomic E-state index is 5.67. The van der Waals surface area contributed by atoms with Gasteiger partial charge in [-0.15, -0.1) is 0 Å². The predicted molar refractivity (Wildman–Crippen MR) is 62.4 cm³/mol. The summed E-state index contributed by atoms with van der Waals surface area (Å²) < 4.78 is 0. The van der Waals surface area contributed by atoms with Gasteiger partial charge in [0.05, 0.1) is 5.60 Å². The van der Waals surface area contributed by atoms with Crippen molar-refractivity contribution in [1.82, 2.24) is 5.48 Å². The molecule has 2 heteroatoms. The maximum Gasteiger partial charge on any atom is 0.0813 e. The zero-order chi connectivity index (χ0) is 10.9. The minimum Gasteiger partial charge on any atom is -0.296 e. The van der Waals surface area contributed by atoms with Gasteiger partial charge in [0.15, 0.2) is 0 Å². The van der Waals surface area contributed by atoms with Crippen LogP contribution in [0.2, 0.25) is 0 Å². The van der Waals surface area contributed by atoms with Crippen molar-refractivity contribution in [1.29, 1.82) is 0 Å². The SMILES string of the molecule is CC(C)(C)ONC1CCCC(C2CC2)C1. The van der Waals surface area contributed by atoms with E-state index in [2.05, 4.69) is 26.3 Å². The molecule has 15 heavy (non-hydrogen) atoms. The second-order valence-corrected chi connectivity index (χ2v) is 6.29. The molecular weight excluding hydrogens is 186 g/mol. The lowest BCUT2D eigenvalue weighted by Crippen LogP contribution is -2.39. The third-order valence-corrected chi connectivity index (χ3v) is 3.54. The second-order valence-electron chi connectivity index (χ2n) is 6.29. The average Bonchev–Trinajstić information content (AvgIpc) is 2.97. The molecule has 0 saturated heterocycles. The van der Waals surface area contributed by atoms with E-state index in [-0.39, 0.29) is 5.60 Å². The summed E-state index contributed by atoms with van der Waals surface area (Å²) in [6.45, 7) is 6.30.